The molecular formula is C23H21FN4O3. The largest absolute Gasteiger partial charge is 0.478 e. The summed E-state index contributed by atoms with van der Waals surface area (Å²) in [5.74, 6) is -1.47. The van der Waals surface area contributed by atoms with Crippen LogP contribution in [0.1, 0.15) is 20.7 Å². The maximum absolute atomic E-state index is 13.8. The molecular weight excluding hydrogens is 399 g/mol. The van der Waals surface area contributed by atoms with Crippen molar-refractivity contribution in [1.29, 1.82) is 0 Å². The average Bonchev–Trinajstić information content (AvgIpc) is 2.80. The molecule has 31 heavy (non-hydrogen) atoms. The second kappa shape index (κ2) is 8.83. The van der Waals surface area contributed by atoms with E-state index in [9.17, 15) is 19.1 Å². The molecule has 0 radical (unpaired) electrons. The van der Waals surface area contributed by atoms with Crippen LogP contribution < -0.4 is 15.1 Å². The molecule has 8 heteroatoms. The van der Waals surface area contributed by atoms with Gasteiger partial charge < -0.3 is 20.2 Å². The van der Waals surface area contributed by atoms with E-state index < -0.39 is 17.7 Å². The molecule has 7 nitrogen and oxygen atoms in total. The summed E-state index contributed by atoms with van der Waals surface area (Å²) in [4.78, 5) is 32.8. The van der Waals surface area contributed by atoms with E-state index >= 15 is 0 Å². The molecule has 2 heterocycles. The van der Waals surface area contributed by atoms with E-state index in [1.165, 1.54) is 24.3 Å². The fourth-order valence-electron chi connectivity index (χ4n) is 3.62. The molecule has 4 rings (SSSR count). The van der Waals surface area contributed by atoms with Gasteiger partial charge in [0.05, 0.1) is 16.8 Å². The van der Waals surface area contributed by atoms with Gasteiger partial charge in [-0.1, -0.05) is 18.2 Å². The number of rotatable bonds is 5. The number of carbonyl (C=O) groups excluding carboxylic acids is 1. The van der Waals surface area contributed by atoms with Crippen molar-refractivity contribution >= 4 is 29.1 Å². The molecule has 0 unspecified atom stereocenters. The summed E-state index contributed by atoms with van der Waals surface area (Å²) in [6.07, 6.45) is 1.75. The maximum atomic E-state index is 13.8. The molecule has 0 aliphatic carbocycles. The summed E-state index contributed by atoms with van der Waals surface area (Å²) in [6, 6.07) is 16.1. The van der Waals surface area contributed by atoms with Crippen molar-refractivity contribution < 1.29 is 19.1 Å². The van der Waals surface area contributed by atoms with E-state index in [4.69, 9.17) is 0 Å². The molecule has 2 aromatic carbocycles. The Labute approximate surface area is 178 Å². The second-order valence-electron chi connectivity index (χ2n) is 7.13. The second-order valence-corrected chi connectivity index (χ2v) is 7.13. The van der Waals surface area contributed by atoms with Crippen molar-refractivity contribution in [2.45, 2.75) is 0 Å². The number of hydrogen-bond donors (Lipinski definition) is 2. The molecule has 3 aromatic rings. The number of aromatic nitrogens is 1. The van der Waals surface area contributed by atoms with Gasteiger partial charge in [0, 0.05) is 38.1 Å². The fourth-order valence-corrected chi connectivity index (χ4v) is 3.62. The molecule has 0 spiro atoms. The van der Waals surface area contributed by atoms with Crippen molar-refractivity contribution in [2.24, 2.45) is 0 Å². The van der Waals surface area contributed by atoms with Crippen LogP contribution in [0.5, 0.6) is 0 Å². The normalized spacial score (nSPS) is 13.7. The SMILES string of the molecule is O=C(Nc1ccc(N2CCN(c3ccccn3)CC2)c(C(=O)O)c1)c1ccccc1F. The molecule has 1 aliphatic rings. The Hall–Kier alpha value is -3.94. The molecule has 1 saturated heterocycles. The Morgan fingerprint density at radius 3 is 2.29 bits per heavy atom. The number of nitrogens with zero attached hydrogens (tertiary/aromatic N) is 3. The smallest absolute Gasteiger partial charge is 0.337 e. The Kier molecular flexibility index (Phi) is 5.79. The highest BCUT2D eigenvalue weighted by molar-refractivity contribution is 6.05. The Bertz CT molecular complexity index is 1100. The highest BCUT2D eigenvalue weighted by atomic mass is 19.1. The number of nitrogens with one attached hydrogen (secondary N) is 1. The number of carboxylic acid groups (broad SMARTS) is 1. The van der Waals surface area contributed by atoms with Crippen molar-refractivity contribution in [3.8, 4) is 0 Å². The van der Waals surface area contributed by atoms with E-state index in [-0.39, 0.29) is 11.1 Å². The lowest BCUT2D eigenvalue weighted by Gasteiger charge is -2.37. The highest BCUT2D eigenvalue weighted by Gasteiger charge is 2.23. The number of carboxylic acids is 1. The van der Waals surface area contributed by atoms with E-state index in [1.54, 1.807) is 24.4 Å². The Morgan fingerprint density at radius 2 is 1.61 bits per heavy atom. The molecule has 1 amide bonds. The van der Waals surface area contributed by atoms with Crippen molar-refractivity contribution in [3.05, 3.63) is 83.8 Å². The van der Waals surface area contributed by atoms with E-state index in [1.807, 2.05) is 23.1 Å². The zero-order chi connectivity index (χ0) is 21.8. The summed E-state index contributed by atoms with van der Waals surface area (Å²) < 4.78 is 13.8. The van der Waals surface area contributed by atoms with Crippen molar-refractivity contribution in [1.82, 2.24) is 4.98 Å². The molecule has 0 bridgehead atoms. The van der Waals surface area contributed by atoms with Crippen LogP contribution in [-0.2, 0) is 0 Å². The van der Waals surface area contributed by atoms with Gasteiger partial charge in [-0.15, -0.1) is 0 Å². The summed E-state index contributed by atoms with van der Waals surface area (Å²) in [7, 11) is 0. The van der Waals surface area contributed by atoms with Gasteiger partial charge in [-0.2, -0.15) is 0 Å². The molecule has 1 aromatic heterocycles. The number of amides is 1. The number of aromatic carboxylic acids is 1. The van der Waals surface area contributed by atoms with Crippen LogP contribution in [0, 0.1) is 5.82 Å². The van der Waals surface area contributed by atoms with E-state index in [0.29, 0.717) is 37.6 Å². The standard InChI is InChI=1S/C23H21FN4O3/c24-19-6-2-1-5-17(19)22(29)26-16-8-9-20(18(15-16)23(30)31)27-11-13-28(14-12-27)21-7-3-4-10-25-21/h1-10,15H,11-14H2,(H,26,29)(H,30,31). The van der Waals surface area contributed by atoms with Gasteiger partial charge in [-0.25, -0.2) is 14.2 Å². The summed E-state index contributed by atoms with van der Waals surface area (Å²) in [6.45, 7) is 2.69. The van der Waals surface area contributed by atoms with Crippen LogP contribution >= 0.6 is 0 Å². The van der Waals surface area contributed by atoms with Crippen molar-refractivity contribution in [2.75, 3.05) is 41.3 Å². The number of pyridine rings is 1. The Morgan fingerprint density at radius 1 is 0.903 bits per heavy atom. The van der Waals surface area contributed by atoms with Crippen LogP contribution in [0.3, 0.4) is 0 Å². The molecule has 1 aliphatic heterocycles. The van der Waals surface area contributed by atoms with E-state index in [2.05, 4.69) is 15.2 Å². The molecule has 158 valence electrons. The Balaban J connectivity index is 1.50. The summed E-state index contributed by atoms with van der Waals surface area (Å²) in [5, 5.41) is 12.3. The van der Waals surface area contributed by atoms with Crippen molar-refractivity contribution in [3.63, 3.8) is 0 Å². The van der Waals surface area contributed by atoms with Crippen LogP contribution in [0.4, 0.5) is 21.6 Å². The number of anilines is 3. The van der Waals surface area contributed by atoms with Gasteiger partial charge in [0.15, 0.2) is 0 Å². The fraction of sp³-hybridized carbons (Fsp3) is 0.174. The molecule has 2 N–H and O–H groups in total. The summed E-state index contributed by atoms with van der Waals surface area (Å²) in [5.41, 5.74) is 0.852. The number of benzene rings is 2. The average molecular weight is 420 g/mol. The third-order valence-corrected chi connectivity index (χ3v) is 5.20. The minimum atomic E-state index is -1.09. The third kappa shape index (κ3) is 4.48. The molecule has 1 fully saturated rings. The minimum absolute atomic E-state index is 0.0811. The first-order valence-electron chi connectivity index (χ1n) is 9.87. The van der Waals surface area contributed by atoms with Crippen LogP contribution in [0.25, 0.3) is 0 Å². The van der Waals surface area contributed by atoms with Crippen LogP contribution in [0.2, 0.25) is 0 Å². The predicted molar refractivity (Wildman–Crippen MR) is 116 cm³/mol. The highest BCUT2D eigenvalue weighted by Crippen LogP contribution is 2.27. The quantitative estimate of drug-likeness (QED) is 0.657. The molecule has 0 saturated carbocycles. The predicted octanol–water partition coefficient (Wildman–Crippen LogP) is 3.50. The number of hydrogen-bond acceptors (Lipinski definition) is 5. The first-order valence-corrected chi connectivity index (χ1v) is 9.87. The van der Waals surface area contributed by atoms with Gasteiger partial charge in [-0.05, 0) is 42.5 Å². The monoisotopic (exact) mass is 420 g/mol. The number of carbonyl (C=O) groups is 2. The zero-order valence-corrected chi connectivity index (χ0v) is 16.7. The van der Waals surface area contributed by atoms with Gasteiger partial charge in [0.2, 0.25) is 0 Å². The number of halogens is 1. The van der Waals surface area contributed by atoms with Gasteiger partial charge >= 0.3 is 5.97 Å². The lowest BCUT2D eigenvalue weighted by Crippen LogP contribution is -2.47. The lowest BCUT2D eigenvalue weighted by molar-refractivity contribution is 0.0697. The van der Waals surface area contributed by atoms with Gasteiger partial charge in [0.25, 0.3) is 5.91 Å². The van der Waals surface area contributed by atoms with Crippen LogP contribution in [0.15, 0.2) is 66.9 Å². The lowest BCUT2D eigenvalue weighted by atomic mass is 10.1. The molecule has 0 atom stereocenters. The first-order chi connectivity index (χ1) is 15.0. The van der Waals surface area contributed by atoms with Gasteiger partial charge in [0.1, 0.15) is 11.6 Å². The number of piperazine rings is 1. The first kappa shape index (κ1) is 20.3. The topological polar surface area (TPSA) is 85.8 Å². The maximum Gasteiger partial charge on any atom is 0.337 e. The zero-order valence-electron chi connectivity index (χ0n) is 16.7. The third-order valence-electron chi connectivity index (χ3n) is 5.20. The summed E-state index contributed by atoms with van der Waals surface area (Å²) >= 11 is 0. The minimum Gasteiger partial charge on any atom is -0.478 e. The van der Waals surface area contributed by atoms with Crippen LogP contribution in [-0.4, -0.2) is 48.1 Å². The van der Waals surface area contributed by atoms with Gasteiger partial charge in [-0.3, -0.25) is 4.79 Å². The van der Waals surface area contributed by atoms with E-state index in [0.717, 1.165) is 5.82 Å².